The number of anilines is 1. The summed E-state index contributed by atoms with van der Waals surface area (Å²) >= 11 is 0. The Morgan fingerprint density at radius 1 is 1.20 bits per heavy atom. The van der Waals surface area contributed by atoms with E-state index in [0.29, 0.717) is 11.3 Å². The number of nitro groups is 1. The summed E-state index contributed by atoms with van der Waals surface area (Å²) in [4.78, 5) is 21.7. The second-order valence-corrected chi connectivity index (χ2v) is 5.21. The van der Waals surface area contributed by atoms with E-state index in [-0.39, 0.29) is 18.2 Å². The third-order valence-electron chi connectivity index (χ3n) is 3.34. The normalized spacial score (nSPS) is 12.3. The molecule has 0 aromatic heterocycles. The van der Waals surface area contributed by atoms with Crippen LogP contribution in [-0.2, 0) is 4.79 Å². The first kappa shape index (κ1) is 18.1. The summed E-state index contributed by atoms with van der Waals surface area (Å²) in [5.74, 6) is -0.326. The Morgan fingerprint density at radius 3 is 2.36 bits per heavy atom. The molecule has 0 radical (unpaired) electrons. The van der Waals surface area contributed by atoms with Crippen molar-refractivity contribution in [3.05, 3.63) is 70.3 Å². The fraction of sp³-hybridized carbons (Fsp3) is 0.176. The number of para-hydroxylation sites is 1. The van der Waals surface area contributed by atoms with Gasteiger partial charge in [-0.15, -0.1) is 0 Å². The van der Waals surface area contributed by atoms with Gasteiger partial charge < -0.3 is 10.4 Å². The van der Waals surface area contributed by atoms with Crippen LogP contribution in [0.3, 0.4) is 0 Å². The van der Waals surface area contributed by atoms with Gasteiger partial charge in [0.2, 0.25) is 5.91 Å². The number of aliphatic hydroxyl groups is 1. The molecular weight excluding hydrogens is 324 g/mol. The fourth-order valence-corrected chi connectivity index (χ4v) is 2.18. The van der Waals surface area contributed by atoms with E-state index in [2.05, 4.69) is 15.8 Å². The van der Waals surface area contributed by atoms with E-state index < -0.39 is 11.0 Å². The molecule has 1 amide bonds. The smallest absolute Gasteiger partial charge is 0.269 e. The standard InChI is InChI=1S/C17H18N4O4/c1-12(23)18-16(11-22)17(20-19-14-5-3-2-4-6-14)13-7-9-15(10-8-13)21(24)25/h2-10,16,19,22H,11H2,1H3,(H,18,23)/t16-/m0/s1. The van der Waals surface area contributed by atoms with Crippen molar-refractivity contribution in [3.63, 3.8) is 0 Å². The minimum Gasteiger partial charge on any atom is -0.394 e. The number of hydrogen-bond donors (Lipinski definition) is 3. The first-order chi connectivity index (χ1) is 12.0. The number of nitro benzene ring substituents is 1. The molecule has 1 atom stereocenters. The summed E-state index contributed by atoms with van der Waals surface area (Å²) in [6.45, 7) is 0.965. The molecule has 25 heavy (non-hydrogen) atoms. The number of hydrogen-bond acceptors (Lipinski definition) is 6. The lowest BCUT2D eigenvalue weighted by molar-refractivity contribution is -0.384. The number of carbonyl (C=O) groups is 1. The van der Waals surface area contributed by atoms with Gasteiger partial charge in [-0.2, -0.15) is 5.10 Å². The van der Waals surface area contributed by atoms with Crippen LogP contribution >= 0.6 is 0 Å². The Hall–Kier alpha value is -3.26. The maximum absolute atomic E-state index is 11.4. The molecule has 3 N–H and O–H groups in total. The van der Waals surface area contributed by atoms with Crippen molar-refractivity contribution in [1.29, 1.82) is 0 Å². The lowest BCUT2D eigenvalue weighted by Crippen LogP contribution is -2.43. The highest BCUT2D eigenvalue weighted by Gasteiger charge is 2.19. The molecular formula is C17H18N4O4. The molecule has 0 saturated carbocycles. The third-order valence-corrected chi connectivity index (χ3v) is 3.34. The van der Waals surface area contributed by atoms with Crippen LogP contribution in [0.4, 0.5) is 11.4 Å². The molecule has 0 heterocycles. The highest BCUT2D eigenvalue weighted by molar-refractivity contribution is 6.06. The quantitative estimate of drug-likeness (QED) is 0.404. The van der Waals surface area contributed by atoms with Crippen LogP contribution in [0.2, 0.25) is 0 Å². The van der Waals surface area contributed by atoms with E-state index in [1.807, 2.05) is 30.3 Å². The highest BCUT2D eigenvalue weighted by Crippen LogP contribution is 2.15. The Bertz CT molecular complexity index is 760. The van der Waals surface area contributed by atoms with Crippen molar-refractivity contribution in [2.75, 3.05) is 12.0 Å². The van der Waals surface area contributed by atoms with E-state index in [4.69, 9.17) is 0 Å². The third kappa shape index (κ3) is 5.11. The van der Waals surface area contributed by atoms with Gasteiger partial charge >= 0.3 is 0 Å². The van der Waals surface area contributed by atoms with Gasteiger partial charge in [-0.1, -0.05) is 18.2 Å². The number of benzene rings is 2. The predicted molar refractivity (Wildman–Crippen MR) is 94.4 cm³/mol. The van der Waals surface area contributed by atoms with Gasteiger partial charge in [0.05, 0.1) is 29.0 Å². The molecule has 2 aromatic carbocycles. The lowest BCUT2D eigenvalue weighted by atomic mass is 10.0. The SMILES string of the molecule is CC(=O)N[C@@H](CO)C(=NNc1ccccc1)c1ccc([N+](=O)[O-])cc1. The molecule has 0 spiro atoms. The number of non-ortho nitro benzene ring substituents is 1. The van der Waals surface area contributed by atoms with Crippen LogP contribution in [0.25, 0.3) is 0 Å². The Labute approximate surface area is 144 Å². The molecule has 2 aromatic rings. The summed E-state index contributed by atoms with van der Waals surface area (Å²) in [5, 5.41) is 27.3. The van der Waals surface area contributed by atoms with E-state index >= 15 is 0 Å². The van der Waals surface area contributed by atoms with Crippen molar-refractivity contribution in [2.45, 2.75) is 13.0 Å². The average molecular weight is 342 g/mol. The number of carbonyl (C=O) groups excluding carboxylic acids is 1. The molecule has 0 aliphatic rings. The minimum absolute atomic E-state index is 0.0563. The van der Waals surface area contributed by atoms with Gasteiger partial charge in [-0.25, -0.2) is 0 Å². The number of aliphatic hydroxyl groups excluding tert-OH is 1. The van der Waals surface area contributed by atoms with Crippen LogP contribution < -0.4 is 10.7 Å². The predicted octanol–water partition coefficient (Wildman–Crippen LogP) is 1.91. The van der Waals surface area contributed by atoms with Gasteiger partial charge in [0.25, 0.3) is 5.69 Å². The molecule has 0 aliphatic carbocycles. The van der Waals surface area contributed by atoms with Gasteiger partial charge in [-0.05, 0) is 24.3 Å². The first-order valence-electron chi connectivity index (χ1n) is 7.52. The zero-order valence-electron chi connectivity index (χ0n) is 13.5. The maximum atomic E-state index is 11.4. The molecule has 0 bridgehead atoms. The summed E-state index contributed by atoms with van der Waals surface area (Å²) in [5.41, 5.74) is 4.43. The van der Waals surface area contributed by atoms with Crippen molar-refractivity contribution < 1.29 is 14.8 Å². The van der Waals surface area contributed by atoms with Gasteiger partial charge in [-0.3, -0.25) is 20.3 Å². The summed E-state index contributed by atoms with van der Waals surface area (Å²) in [6.07, 6.45) is 0. The Morgan fingerprint density at radius 2 is 1.84 bits per heavy atom. The Kier molecular flexibility index (Phi) is 6.19. The summed E-state index contributed by atoms with van der Waals surface area (Å²) in [7, 11) is 0. The van der Waals surface area contributed by atoms with Gasteiger partial charge in [0.15, 0.2) is 0 Å². The second kappa shape index (κ2) is 8.55. The van der Waals surface area contributed by atoms with Crippen LogP contribution in [0, 0.1) is 10.1 Å². The zero-order valence-corrected chi connectivity index (χ0v) is 13.5. The molecule has 130 valence electrons. The van der Waals surface area contributed by atoms with Crippen molar-refractivity contribution >= 4 is 23.0 Å². The molecule has 8 nitrogen and oxygen atoms in total. The molecule has 0 fully saturated rings. The monoisotopic (exact) mass is 342 g/mol. The van der Waals surface area contributed by atoms with Gasteiger partial charge in [0, 0.05) is 24.6 Å². The van der Waals surface area contributed by atoms with E-state index in [1.165, 1.54) is 31.2 Å². The highest BCUT2D eigenvalue weighted by atomic mass is 16.6. The summed E-state index contributed by atoms with van der Waals surface area (Å²) in [6, 6.07) is 14.1. The van der Waals surface area contributed by atoms with Crippen LogP contribution in [-0.4, -0.2) is 34.3 Å². The maximum Gasteiger partial charge on any atom is 0.269 e. The molecule has 0 aliphatic heterocycles. The fourth-order valence-electron chi connectivity index (χ4n) is 2.18. The van der Waals surface area contributed by atoms with E-state index in [9.17, 15) is 20.0 Å². The Balaban J connectivity index is 2.36. The largest absolute Gasteiger partial charge is 0.394 e. The molecule has 2 rings (SSSR count). The van der Waals surface area contributed by atoms with Crippen LogP contribution in [0.5, 0.6) is 0 Å². The van der Waals surface area contributed by atoms with Crippen LogP contribution in [0.15, 0.2) is 59.7 Å². The average Bonchev–Trinajstić information content (AvgIpc) is 2.61. The van der Waals surface area contributed by atoms with Crippen molar-refractivity contribution in [3.8, 4) is 0 Å². The number of amides is 1. The molecule has 0 saturated heterocycles. The molecule has 8 heteroatoms. The van der Waals surface area contributed by atoms with Gasteiger partial charge in [0.1, 0.15) is 0 Å². The van der Waals surface area contributed by atoms with Crippen molar-refractivity contribution in [1.82, 2.24) is 5.32 Å². The zero-order chi connectivity index (χ0) is 18.2. The first-order valence-corrected chi connectivity index (χ1v) is 7.52. The van der Waals surface area contributed by atoms with Crippen LogP contribution in [0.1, 0.15) is 12.5 Å². The van der Waals surface area contributed by atoms with E-state index in [0.717, 1.165) is 5.69 Å². The lowest BCUT2D eigenvalue weighted by Gasteiger charge is -2.18. The van der Waals surface area contributed by atoms with E-state index in [1.54, 1.807) is 0 Å². The molecule has 0 unspecified atom stereocenters. The number of hydrazone groups is 1. The number of rotatable bonds is 7. The number of nitrogens with zero attached hydrogens (tertiary/aromatic N) is 2. The second-order valence-electron chi connectivity index (χ2n) is 5.21. The topological polar surface area (TPSA) is 117 Å². The van der Waals surface area contributed by atoms with Crippen molar-refractivity contribution in [2.24, 2.45) is 5.10 Å². The summed E-state index contributed by atoms with van der Waals surface area (Å²) < 4.78 is 0. The minimum atomic E-state index is -0.754. The number of nitrogens with one attached hydrogen (secondary N) is 2.